The zero-order valence-corrected chi connectivity index (χ0v) is 11.5. The smallest absolute Gasteiger partial charge is 0.276 e. The van der Waals surface area contributed by atoms with Gasteiger partial charge in [-0.15, -0.1) is 0 Å². The SMILES string of the molecule is Cc1[nH]nc(C(=O)N(C)C(C)C(C)(C)C)c1N. The largest absolute Gasteiger partial charge is 0.395 e. The van der Waals surface area contributed by atoms with Crippen molar-refractivity contribution in [3.8, 4) is 0 Å². The fraction of sp³-hybridized carbons (Fsp3) is 0.667. The van der Waals surface area contributed by atoms with Gasteiger partial charge in [-0.2, -0.15) is 5.10 Å². The average Bonchev–Trinajstić information content (AvgIpc) is 2.55. The number of aromatic amines is 1. The number of hydrogen-bond donors (Lipinski definition) is 2. The number of nitrogens with two attached hydrogens (primary N) is 1. The van der Waals surface area contributed by atoms with E-state index in [2.05, 4.69) is 31.0 Å². The van der Waals surface area contributed by atoms with Crippen LogP contribution in [-0.4, -0.2) is 34.1 Å². The summed E-state index contributed by atoms with van der Waals surface area (Å²) in [6.07, 6.45) is 0. The number of carbonyl (C=O) groups is 1. The maximum absolute atomic E-state index is 12.2. The molecular weight excluding hydrogens is 216 g/mol. The molecule has 1 aromatic rings. The van der Waals surface area contributed by atoms with Crippen molar-refractivity contribution in [1.29, 1.82) is 0 Å². The van der Waals surface area contributed by atoms with Crippen LogP contribution in [0.5, 0.6) is 0 Å². The van der Waals surface area contributed by atoms with Gasteiger partial charge in [0.2, 0.25) is 0 Å². The van der Waals surface area contributed by atoms with Gasteiger partial charge in [0.25, 0.3) is 5.91 Å². The van der Waals surface area contributed by atoms with Gasteiger partial charge in [-0.25, -0.2) is 0 Å². The Bertz CT molecular complexity index is 417. The van der Waals surface area contributed by atoms with Crippen molar-refractivity contribution in [2.45, 2.75) is 40.7 Å². The van der Waals surface area contributed by atoms with Crippen LogP contribution in [0.25, 0.3) is 0 Å². The molecule has 1 amide bonds. The van der Waals surface area contributed by atoms with Crippen LogP contribution in [0.2, 0.25) is 0 Å². The number of carbonyl (C=O) groups excluding carboxylic acids is 1. The van der Waals surface area contributed by atoms with Gasteiger partial charge < -0.3 is 10.6 Å². The normalized spacial score (nSPS) is 13.5. The lowest BCUT2D eigenvalue weighted by molar-refractivity contribution is 0.0624. The second-order valence-electron chi connectivity index (χ2n) is 5.57. The van der Waals surface area contributed by atoms with Crippen LogP contribution in [0, 0.1) is 12.3 Å². The summed E-state index contributed by atoms with van der Waals surface area (Å²) in [5.41, 5.74) is 7.29. The Morgan fingerprint density at radius 3 is 2.35 bits per heavy atom. The van der Waals surface area contributed by atoms with Gasteiger partial charge in [0, 0.05) is 13.1 Å². The molecule has 0 fully saturated rings. The van der Waals surface area contributed by atoms with Crippen LogP contribution < -0.4 is 5.73 Å². The van der Waals surface area contributed by atoms with E-state index in [1.54, 1.807) is 18.9 Å². The van der Waals surface area contributed by atoms with Crippen molar-refractivity contribution >= 4 is 11.6 Å². The van der Waals surface area contributed by atoms with E-state index in [0.717, 1.165) is 5.69 Å². The Morgan fingerprint density at radius 2 is 2.00 bits per heavy atom. The molecule has 5 heteroatoms. The molecule has 0 aliphatic heterocycles. The summed E-state index contributed by atoms with van der Waals surface area (Å²) in [7, 11) is 1.78. The van der Waals surface area contributed by atoms with Crippen molar-refractivity contribution in [2.75, 3.05) is 12.8 Å². The number of amides is 1. The standard InChI is InChI=1S/C12H22N4O/c1-7-9(13)10(15-14-7)11(17)16(6)8(2)12(3,4)5/h8H,13H2,1-6H3,(H,14,15). The van der Waals surface area contributed by atoms with Crippen molar-refractivity contribution in [2.24, 2.45) is 5.41 Å². The molecule has 1 rings (SSSR count). The number of anilines is 1. The zero-order valence-electron chi connectivity index (χ0n) is 11.5. The average molecular weight is 238 g/mol. The minimum Gasteiger partial charge on any atom is -0.395 e. The molecule has 0 bridgehead atoms. The Labute approximate surface area is 102 Å². The van der Waals surface area contributed by atoms with Crippen LogP contribution >= 0.6 is 0 Å². The summed E-state index contributed by atoms with van der Waals surface area (Å²) in [6, 6.07) is 0.103. The molecule has 1 unspecified atom stereocenters. The lowest BCUT2D eigenvalue weighted by Gasteiger charge is -2.35. The van der Waals surface area contributed by atoms with Gasteiger partial charge in [-0.1, -0.05) is 20.8 Å². The predicted octanol–water partition coefficient (Wildman–Crippen LogP) is 1.81. The topological polar surface area (TPSA) is 75.0 Å². The van der Waals surface area contributed by atoms with E-state index >= 15 is 0 Å². The molecule has 0 aliphatic carbocycles. The molecule has 0 saturated carbocycles. The molecule has 17 heavy (non-hydrogen) atoms. The van der Waals surface area contributed by atoms with Crippen molar-refractivity contribution in [3.05, 3.63) is 11.4 Å². The second-order valence-corrected chi connectivity index (χ2v) is 5.57. The summed E-state index contributed by atoms with van der Waals surface area (Å²) in [6.45, 7) is 10.1. The number of nitrogen functional groups attached to an aromatic ring is 1. The van der Waals surface area contributed by atoms with Crippen LogP contribution in [0.15, 0.2) is 0 Å². The minimum absolute atomic E-state index is 0.0184. The van der Waals surface area contributed by atoms with Crippen molar-refractivity contribution in [3.63, 3.8) is 0 Å². The third-order valence-corrected chi connectivity index (χ3v) is 3.35. The van der Waals surface area contributed by atoms with Crippen LogP contribution in [0.4, 0.5) is 5.69 Å². The highest BCUT2D eigenvalue weighted by molar-refractivity contribution is 5.97. The van der Waals surface area contributed by atoms with E-state index in [9.17, 15) is 4.79 Å². The van der Waals surface area contributed by atoms with E-state index in [0.29, 0.717) is 11.4 Å². The molecule has 1 atom stereocenters. The first kappa shape index (κ1) is 13.5. The van der Waals surface area contributed by atoms with E-state index < -0.39 is 0 Å². The van der Waals surface area contributed by atoms with E-state index in [-0.39, 0.29) is 17.4 Å². The number of aryl methyl sites for hydroxylation is 1. The third-order valence-electron chi connectivity index (χ3n) is 3.35. The fourth-order valence-electron chi connectivity index (χ4n) is 1.52. The highest BCUT2D eigenvalue weighted by Gasteiger charge is 2.29. The van der Waals surface area contributed by atoms with Gasteiger partial charge in [0.1, 0.15) is 0 Å². The molecule has 0 spiro atoms. The van der Waals surface area contributed by atoms with Crippen LogP contribution in [0.1, 0.15) is 43.9 Å². The third kappa shape index (κ3) is 2.60. The number of nitrogens with zero attached hydrogens (tertiary/aromatic N) is 2. The maximum atomic E-state index is 12.2. The highest BCUT2D eigenvalue weighted by atomic mass is 16.2. The Balaban J connectivity index is 2.95. The Kier molecular flexibility index (Phi) is 3.50. The number of rotatable bonds is 2. The van der Waals surface area contributed by atoms with E-state index in [1.165, 1.54) is 0 Å². The molecule has 3 N–H and O–H groups in total. The molecule has 1 aromatic heterocycles. The number of aromatic nitrogens is 2. The Morgan fingerprint density at radius 1 is 1.47 bits per heavy atom. The molecule has 1 heterocycles. The van der Waals surface area contributed by atoms with E-state index in [1.807, 2.05) is 6.92 Å². The predicted molar refractivity (Wildman–Crippen MR) is 68.7 cm³/mol. The van der Waals surface area contributed by atoms with Gasteiger partial charge in [0.05, 0.1) is 11.4 Å². The number of hydrogen-bond acceptors (Lipinski definition) is 3. The summed E-state index contributed by atoms with van der Waals surface area (Å²) < 4.78 is 0. The molecule has 96 valence electrons. The summed E-state index contributed by atoms with van der Waals surface area (Å²) in [5, 5.41) is 6.69. The monoisotopic (exact) mass is 238 g/mol. The first-order valence-corrected chi connectivity index (χ1v) is 5.74. The van der Waals surface area contributed by atoms with Crippen molar-refractivity contribution < 1.29 is 4.79 Å². The van der Waals surface area contributed by atoms with E-state index in [4.69, 9.17) is 5.73 Å². The number of nitrogens with one attached hydrogen (secondary N) is 1. The van der Waals surface area contributed by atoms with Gasteiger partial charge >= 0.3 is 0 Å². The molecule has 5 nitrogen and oxygen atoms in total. The summed E-state index contributed by atoms with van der Waals surface area (Å²) >= 11 is 0. The second kappa shape index (κ2) is 4.39. The van der Waals surface area contributed by atoms with Crippen LogP contribution in [0.3, 0.4) is 0 Å². The quantitative estimate of drug-likeness (QED) is 0.825. The first-order valence-electron chi connectivity index (χ1n) is 5.74. The van der Waals surface area contributed by atoms with Crippen LogP contribution in [-0.2, 0) is 0 Å². The first-order chi connectivity index (χ1) is 7.66. The lowest BCUT2D eigenvalue weighted by atomic mass is 9.87. The van der Waals surface area contributed by atoms with Gasteiger partial charge in [-0.05, 0) is 19.3 Å². The van der Waals surface area contributed by atoms with Gasteiger partial charge in [-0.3, -0.25) is 9.89 Å². The Hall–Kier alpha value is -1.52. The summed E-state index contributed by atoms with van der Waals surface area (Å²) in [4.78, 5) is 13.9. The molecule has 0 aromatic carbocycles. The zero-order chi connectivity index (χ0) is 13.4. The molecule has 0 radical (unpaired) electrons. The molecule has 0 aliphatic rings. The molecule has 0 saturated heterocycles. The minimum atomic E-state index is -0.144. The maximum Gasteiger partial charge on any atom is 0.276 e. The fourth-order valence-corrected chi connectivity index (χ4v) is 1.52. The highest BCUT2D eigenvalue weighted by Crippen LogP contribution is 2.25. The lowest BCUT2D eigenvalue weighted by Crippen LogP contribution is -2.43. The molecular formula is C12H22N4O. The summed E-state index contributed by atoms with van der Waals surface area (Å²) in [5.74, 6) is -0.144. The number of H-pyrrole nitrogens is 1. The van der Waals surface area contributed by atoms with Gasteiger partial charge in [0.15, 0.2) is 5.69 Å². The van der Waals surface area contributed by atoms with Crippen molar-refractivity contribution in [1.82, 2.24) is 15.1 Å².